The van der Waals surface area contributed by atoms with Crippen LogP contribution in [0.4, 0.5) is 0 Å². The van der Waals surface area contributed by atoms with Crippen molar-refractivity contribution in [2.45, 2.75) is 20.8 Å². The minimum Gasteiger partial charge on any atom is -0.462 e. The Morgan fingerprint density at radius 1 is 1.64 bits per heavy atom. The van der Waals surface area contributed by atoms with E-state index >= 15 is 0 Å². The molecule has 0 saturated heterocycles. The van der Waals surface area contributed by atoms with E-state index in [1.807, 2.05) is 6.92 Å². The van der Waals surface area contributed by atoms with Crippen molar-refractivity contribution in [1.82, 2.24) is 0 Å². The van der Waals surface area contributed by atoms with Crippen molar-refractivity contribution in [2.24, 2.45) is 5.92 Å². The molecular formula is C10H14O4. The summed E-state index contributed by atoms with van der Waals surface area (Å²) < 4.78 is 9.62. The van der Waals surface area contributed by atoms with E-state index in [9.17, 15) is 9.59 Å². The molecule has 1 heterocycles. The first-order valence-electron chi connectivity index (χ1n) is 4.63. The quantitative estimate of drug-likeness (QED) is 0.491. The molecule has 1 aliphatic rings. The summed E-state index contributed by atoms with van der Waals surface area (Å²) in [5, 5.41) is 0. The zero-order valence-corrected chi connectivity index (χ0v) is 8.62. The summed E-state index contributed by atoms with van der Waals surface area (Å²) in [5.41, 5.74) is 0.810. The number of hydrogen-bond acceptors (Lipinski definition) is 4. The minimum absolute atomic E-state index is 0.0607. The molecule has 78 valence electrons. The van der Waals surface area contributed by atoms with Crippen molar-refractivity contribution < 1.29 is 19.1 Å². The number of carbonyl (C=O) groups excluding carboxylic acids is 2. The SMILES string of the molecule is CCOC(=O)C1=C(C)C(C)COC1=O. The molecule has 0 aromatic heterocycles. The van der Waals surface area contributed by atoms with Crippen LogP contribution in [0.5, 0.6) is 0 Å². The summed E-state index contributed by atoms with van der Waals surface area (Å²) in [6.07, 6.45) is 0. The van der Waals surface area contributed by atoms with E-state index in [1.54, 1.807) is 13.8 Å². The van der Waals surface area contributed by atoms with Crippen molar-refractivity contribution >= 4 is 11.9 Å². The zero-order chi connectivity index (χ0) is 10.7. The van der Waals surface area contributed by atoms with Gasteiger partial charge in [-0.05, 0) is 19.4 Å². The van der Waals surface area contributed by atoms with Gasteiger partial charge in [0.2, 0.25) is 0 Å². The molecule has 0 saturated carbocycles. The summed E-state index contributed by atoms with van der Waals surface area (Å²) in [5.74, 6) is -1.06. The van der Waals surface area contributed by atoms with Gasteiger partial charge in [0.25, 0.3) is 0 Å². The van der Waals surface area contributed by atoms with Crippen molar-refractivity contribution in [3.63, 3.8) is 0 Å². The molecule has 0 aromatic rings. The van der Waals surface area contributed by atoms with Gasteiger partial charge in [-0.25, -0.2) is 9.59 Å². The van der Waals surface area contributed by atoms with Gasteiger partial charge in [0.1, 0.15) is 5.57 Å². The van der Waals surface area contributed by atoms with Crippen molar-refractivity contribution in [2.75, 3.05) is 13.2 Å². The van der Waals surface area contributed by atoms with E-state index < -0.39 is 11.9 Å². The Morgan fingerprint density at radius 3 is 2.86 bits per heavy atom. The second-order valence-corrected chi connectivity index (χ2v) is 3.28. The molecule has 14 heavy (non-hydrogen) atoms. The molecule has 0 spiro atoms. The highest BCUT2D eigenvalue weighted by molar-refractivity contribution is 6.15. The molecule has 0 fully saturated rings. The lowest BCUT2D eigenvalue weighted by molar-refractivity contribution is -0.148. The molecule has 1 atom stereocenters. The third-order valence-corrected chi connectivity index (χ3v) is 2.28. The number of rotatable bonds is 2. The number of hydrogen-bond donors (Lipinski definition) is 0. The fraction of sp³-hybridized carbons (Fsp3) is 0.600. The summed E-state index contributed by atoms with van der Waals surface area (Å²) in [6.45, 7) is 5.97. The molecule has 0 aromatic carbocycles. The summed E-state index contributed by atoms with van der Waals surface area (Å²) in [6, 6.07) is 0. The normalized spacial score (nSPS) is 21.9. The second-order valence-electron chi connectivity index (χ2n) is 3.28. The fourth-order valence-electron chi connectivity index (χ4n) is 1.25. The van der Waals surface area contributed by atoms with Crippen LogP contribution in [0.1, 0.15) is 20.8 Å². The predicted molar refractivity (Wildman–Crippen MR) is 49.5 cm³/mol. The van der Waals surface area contributed by atoms with Crippen LogP contribution >= 0.6 is 0 Å². The van der Waals surface area contributed by atoms with Gasteiger partial charge in [0.15, 0.2) is 0 Å². The molecule has 0 amide bonds. The van der Waals surface area contributed by atoms with E-state index in [-0.39, 0.29) is 18.1 Å². The summed E-state index contributed by atoms with van der Waals surface area (Å²) >= 11 is 0. The van der Waals surface area contributed by atoms with Gasteiger partial charge < -0.3 is 9.47 Å². The lowest BCUT2D eigenvalue weighted by atomic mass is 9.96. The van der Waals surface area contributed by atoms with Crippen molar-refractivity contribution in [3.05, 3.63) is 11.1 Å². The third kappa shape index (κ3) is 1.95. The Kier molecular flexibility index (Phi) is 3.28. The number of esters is 2. The molecule has 0 aliphatic carbocycles. The van der Waals surface area contributed by atoms with Crippen LogP contribution in [0.3, 0.4) is 0 Å². The monoisotopic (exact) mass is 198 g/mol. The molecular weight excluding hydrogens is 184 g/mol. The number of carbonyl (C=O) groups is 2. The van der Waals surface area contributed by atoms with Gasteiger partial charge >= 0.3 is 11.9 Å². The second kappa shape index (κ2) is 4.26. The molecule has 1 aliphatic heterocycles. The first-order valence-corrected chi connectivity index (χ1v) is 4.63. The Hall–Kier alpha value is -1.32. The Morgan fingerprint density at radius 2 is 2.29 bits per heavy atom. The van der Waals surface area contributed by atoms with Gasteiger partial charge in [-0.1, -0.05) is 6.92 Å². The van der Waals surface area contributed by atoms with E-state index in [0.29, 0.717) is 6.61 Å². The minimum atomic E-state index is -0.582. The lowest BCUT2D eigenvalue weighted by Crippen LogP contribution is -2.28. The maximum absolute atomic E-state index is 11.4. The van der Waals surface area contributed by atoms with Crippen LogP contribution < -0.4 is 0 Å². The Bertz CT molecular complexity index is 290. The van der Waals surface area contributed by atoms with Gasteiger partial charge in [0, 0.05) is 5.92 Å². The van der Waals surface area contributed by atoms with E-state index in [0.717, 1.165) is 5.57 Å². The van der Waals surface area contributed by atoms with Gasteiger partial charge in [-0.2, -0.15) is 0 Å². The highest BCUT2D eigenvalue weighted by Crippen LogP contribution is 2.22. The molecule has 4 nitrogen and oxygen atoms in total. The lowest BCUT2D eigenvalue weighted by Gasteiger charge is -2.21. The third-order valence-electron chi connectivity index (χ3n) is 2.28. The smallest absolute Gasteiger partial charge is 0.345 e. The Balaban J connectivity index is 2.96. The predicted octanol–water partition coefficient (Wildman–Crippen LogP) is 1.06. The summed E-state index contributed by atoms with van der Waals surface area (Å²) in [4.78, 5) is 22.7. The molecule has 4 heteroatoms. The average Bonchev–Trinajstić information content (AvgIpc) is 2.13. The molecule has 0 radical (unpaired) electrons. The highest BCUT2D eigenvalue weighted by atomic mass is 16.6. The average molecular weight is 198 g/mol. The molecule has 0 N–H and O–H groups in total. The zero-order valence-electron chi connectivity index (χ0n) is 8.62. The standard InChI is InChI=1S/C10H14O4/c1-4-13-9(11)8-7(3)6(2)5-14-10(8)12/h6H,4-5H2,1-3H3. The van der Waals surface area contributed by atoms with Gasteiger partial charge in [-0.15, -0.1) is 0 Å². The van der Waals surface area contributed by atoms with Gasteiger partial charge in [-0.3, -0.25) is 0 Å². The maximum atomic E-state index is 11.4. The van der Waals surface area contributed by atoms with Crippen LogP contribution in [-0.4, -0.2) is 25.2 Å². The van der Waals surface area contributed by atoms with E-state index in [4.69, 9.17) is 9.47 Å². The molecule has 1 rings (SSSR count). The van der Waals surface area contributed by atoms with Gasteiger partial charge in [0.05, 0.1) is 13.2 Å². The van der Waals surface area contributed by atoms with E-state index in [1.165, 1.54) is 0 Å². The Labute approximate surface area is 82.9 Å². The van der Waals surface area contributed by atoms with Crippen LogP contribution in [0.25, 0.3) is 0 Å². The number of ether oxygens (including phenoxy) is 2. The largest absolute Gasteiger partial charge is 0.462 e. The van der Waals surface area contributed by atoms with Crippen molar-refractivity contribution in [1.29, 1.82) is 0 Å². The highest BCUT2D eigenvalue weighted by Gasteiger charge is 2.30. The molecule has 1 unspecified atom stereocenters. The van der Waals surface area contributed by atoms with Crippen LogP contribution in [-0.2, 0) is 19.1 Å². The van der Waals surface area contributed by atoms with Crippen LogP contribution in [0, 0.1) is 5.92 Å². The first kappa shape index (κ1) is 10.8. The van der Waals surface area contributed by atoms with Crippen LogP contribution in [0.2, 0.25) is 0 Å². The number of cyclic esters (lactones) is 1. The topological polar surface area (TPSA) is 52.6 Å². The van der Waals surface area contributed by atoms with E-state index in [2.05, 4.69) is 0 Å². The summed E-state index contributed by atoms with van der Waals surface area (Å²) in [7, 11) is 0. The first-order chi connectivity index (χ1) is 6.57. The fourth-order valence-corrected chi connectivity index (χ4v) is 1.25. The van der Waals surface area contributed by atoms with Crippen molar-refractivity contribution in [3.8, 4) is 0 Å². The van der Waals surface area contributed by atoms with Crippen LogP contribution in [0.15, 0.2) is 11.1 Å². The maximum Gasteiger partial charge on any atom is 0.345 e. The molecule has 0 bridgehead atoms.